The number of carbonyl (C=O) groups excluding carboxylic acids is 2. The van der Waals surface area contributed by atoms with E-state index in [2.05, 4.69) is 27.8 Å². The van der Waals surface area contributed by atoms with Crippen LogP contribution in [0.2, 0.25) is 0 Å². The van der Waals surface area contributed by atoms with Crippen LogP contribution in [0.3, 0.4) is 0 Å². The number of H-pyrrole nitrogens is 1. The van der Waals surface area contributed by atoms with Crippen LogP contribution in [-0.2, 0) is 24.2 Å². The summed E-state index contributed by atoms with van der Waals surface area (Å²) in [5, 5.41) is 7.14. The van der Waals surface area contributed by atoms with Gasteiger partial charge in [-0.2, -0.15) is 0 Å². The van der Waals surface area contributed by atoms with E-state index in [-0.39, 0.29) is 24.4 Å². The van der Waals surface area contributed by atoms with Crippen molar-refractivity contribution in [2.75, 3.05) is 25.7 Å². The van der Waals surface area contributed by atoms with Gasteiger partial charge in [0.25, 0.3) is 0 Å². The monoisotopic (exact) mass is 462 g/mol. The number of nitrogens with one attached hydrogen (secondary N) is 3. The first-order chi connectivity index (χ1) is 16.6. The maximum Gasteiger partial charge on any atom is 0.315 e. The van der Waals surface area contributed by atoms with Crippen molar-refractivity contribution in [3.63, 3.8) is 0 Å². The average Bonchev–Trinajstić information content (AvgIpc) is 3.41. The maximum absolute atomic E-state index is 12.6. The van der Waals surface area contributed by atoms with Gasteiger partial charge in [-0.1, -0.05) is 6.07 Å². The number of benzene rings is 2. The van der Waals surface area contributed by atoms with E-state index >= 15 is 0 Å². The zero-order valence-electron chi connectivity index (χ0n) is 19.6. The lowest BCUT2D eigenvalue weighted by Crippen LogP contribution is -2.43. The van der Waals surface area contributed by atoms with Crippen LogP contribution in [0.4, 0.5) is 10.5 Å². The van der Waals surface area contributed by atoms with Crippen molar-refractivity contribution in [3.05, 3.63) is 53.2 Å². The molecule has 2 aromatic carbocycles. The fourth-order valence-electron chi connectivity index (χ4n) is 5.03. The Morgan fingerprint density at radius 2 is 1.91 bits per heavy atom. The molecule has 3 N–H and O–H groups in total. The van der Waals surface area contributed by atoms with Crippen LogP contribution in [0.5, 0.6) is 11.5 Å². The molecule has 3 amide bonds. The lowest BCUT2D eigenvalue weighted by atomic mass is 9.95. The van der Waals surface area contributed by atoms with Crippen LogP contribution in [0.15, 0.2) is 36.4 Å². The lowest BCUT2D eigenvalue weighted by molar-refractivity contribution is -0.117. The summed E-state index contributed by atoms with van der Waals surface area (Å²) in [6.45, 7) is 0.838. The maximum atomic E-state index is 12.6. The molecule has 8 heteroatoms. The van der Waals surface area contributed by atoms with Gasteiger partial charge >= 0.3 is 6.03 Å². The molecule has 34 heavy (non-hydrogen) atoms. The predicted octanol–water partition coefficient (Wildman–Crippen LogP) is 3.67. The summed E-state index contributed by atoms with van der Waals surface area (Å²) in [7, 11) is 3.13. The molecule has 8 nitrogen and oxygen atoms in total. The van der Waals surface area contributed by atoms with Gasteiger partial charge in [0.2, 0.25) is 5.91 Å². The van der Waals surface area contributed by atoms with Crippen LogP contribution in [-0.4, -0.2) is 43.7 Å². The number of urea groups is 1. The molecule has 1 aromatic heterocycles. The Kier molecular flexibility index (Phi) is 6.04. The fourth-order valence-corrected chi connectivity index (χ4v) is 5.03. The van der Waals surface area contributed by atoms with E-state index < -0.39 is 0 Å². The standard InChI is InChI=1S/C26H30N4O4/c1-33-23-10-8-18(13-24(23)34-2)30-15-17(12-25(30)31)28-26(32)27-14-16-7-9-22-20(11-16)19-5-3-4-6-21(19)29-22/h7-11,13,17,29H,3-6,12,14-15H2,1-2H3,(H2,27,28,32)/t17-/m0/s1. The third-order valence-corrected chi connectivity index (χ3v) is 6.75. The smallest absolute Gasteiger partial charge is 0.315 e. The molecule has 2 heterocycles. The number of aromatic nitrogens is 1. The number of rotatable bonds is 6. The van der Waals surface area contributed by atoms with Crippen molar-refractivity contribution >= 4 is 28.5 Å². The quantitative estimate of drug-likeness (QED) is 0.521. The summed E-state index contributed by atoms with van der Waals surface area (Å²) in [5.41, 5.74) is 5.72. The molecule has 1 fully saturated rings. The van der Waals surface area contributed by atoms with Crippen LogP contribution in [0.1, 0.15) is 36.1 Å². The van der Waals surface area contributed by atoms with Gasteiger partial charge in [0.15, 0.2) is 11.5 Å². The van der Waals surface area contributed by atoms with Crippen molar-refractivity contribution in [2.24, 2.45) is 0 Å². The van der Waals surface area contributed by atoms with Crippen LogP contribution in [0.25, 0.3) is 10.9 Å². The van der Waals surface area contributed by atoms with Crippen LogP contribution >= 0.6 is 0 Å². The minimum atomic E-state index is -0.275. The molecular formula is C26H30N4O4. The first-order valence-electron chi connectivity index (χ1n) is 11.7. The molecule has 178 valence electrons. The molecule has 5 rings (SSSR count). The minimum Gasteiger partial charge on any atom is -0.493 e. The normalized spacial score (nSPS) is 17.5. The Balaban J connectivity index is 1.19. The van der Waals surface area contributed by atoms with Crippen molar-refractivity contribution in [1.82, 2.24) is 15.6 Å². The molecule has 0 unspecified atom stereocenters. The van der Waals surface area contributed by atoms with Crippen molar-refractivity contribution in [1.29, 1.82) is 0 Å². The van der Waals surface area contributed by atoms with E-state index in [0.29, 0.717) is 24.6 Å². The Bertz CT molecular complexity index is 1240. The van der Waals surface area contributed by atoms with E-state index in [9.17, 15) is 9.59 Å². The van der Waals surface area contributed by atoms with Crippen LogP contribution < -0.4 is 25.0 Å². The number of amides is 3. The van der Waals surface area contributed by atoms with Gasteiger partial charge in [-0.15, -0.1) is 0 Å². The SMILES string of the molecule is COc1ccc(N2C[C@@H](NC(=O)NCc3ccc4[nH]c5c(c4c3)CCCC5)CC2=O)cc1OC. The molecular weight excluding hydrogens is 432 g/mol. The number of nitrogens with zero attached hydrogens (tertiary/aromatic N) is 1. The number of aromatic amines is 1. The third kappa shape index (κ3) is 4.27. The topological polar surface area (TPSA) is 95.7 Å². The Morgan fingerprint density at radius 1 is 1.09 bits per heavy atom. The summed E-state index contributed by atoms with van der Waals surface area (Å²) >= 11 is 0. The van der Waals surface area contributed by atoms with Crippen molar-refractivity contribution < 1.29 is 19.1 Å². The number of hydrogen-bond acceptors (Lipinski definition) is 4. The molecule has 0 radical (unpaired) electrons. The zero-order chi connectivity index (χ0) is 23.7. The molecule has 1 saturated heterocycles. The highest BCUT2D eigenvalue weighted by molar-refractivity contribution is 5.97. The predicted molar refractivity (Wildman–Crippen MR) is 131 cm³/mol. The molecule has 0 bridgehead atoms. The van der Waals surface area contributed by atoms with Gasteiger partial charge in [0.1, 0.15) is 0 Å². The number of ether oxygens (including phenoxy) is 2. The molecule has 1 atom stereocenters. The summed E-state index contributed by atoms with van der Waals surface area (Å²) in [6.07, 6.45) is 4.94. The molecule has 0 saturated carbocycles. The van der Waals surface area contributed by atoms with E-state index in [1.807, 2.05) is 12.1 Å². The van der Waals surface area contributed by atoms with Crippen molar-refractivity contribution in [2.45, 2.75) is 44.7 Å². The zero-order valence-corrected chi connectivity index (χ0v) is 19.6. The third-order valence-electron chi connectivity index (χ3n) is 6.75. The van der Waals surface area contributed by atoms with Crippen LogP contribution in [0, 0.1) is 0 Å². The lowest BCUT2D eigenvalue weighted by Gasteiger charge is -2.19. The molecule has 0 spiro atoms. The van der Waals surface area contributed by atoms with Gasteiger partial charge in [-0.05, 0) is 61.1 Å². The number of anilines is 1. The average molecular weight is 463 g/mol. The highest BCUT2D eigenvalue weighted by Gasteiger charge is 2.32. The molecule has 2 aliphatic rings. The Labute approximate surface area is 198 Å². The summed E-state index contributed by atoms with van der Waals surface area (Å²) in [6, 6.07) is 11.1. The molecule has 3 aromatic rings. The first-order valence-corrected chi connectivity index (χ1v) is 11.7. The van der Waals surface area contributed by atoms with E-state index in [1.54, 1.807) is 31.3 Å². The van der Waals surface area contributed by atoms with E-state index in [0.717, 1.165) is 24.1 Å². The number of hydrogen-bond donors (Lipinski definition) is 3. The van der Waals surface area contributed by atoms with E-state index in [4.69, 9.17) is 9.47 Å². The van der Waals surface area contributed by atoms with E-state index in [1.165, 1.54) is 35.0 Å². The summed E-state index contributed by atoms with van der Waals surface area (Å²) < 4.78 is 10.6. The number of aryl methyl sites for hydroxylation is 2. The minimum absolute atomic E-state index is 0.0415. The molecule has 1 aliphatic carbocycles. The molecule has 1 aliphatic heterocycles. The van der Waals surface area contributed by atoms with Gasteiger partial charge in [-0.25, -0.2) is 4.79 Å². The second-order valence-corrected chi connectivity index (χ2v) is 8.94. The van der Waals surface area contributed by atoms with Gasteiger partial charge in [0, 0.05) is 47.9 Å². The Morgan fingerprint density at radius 3 is 2.74 bits per heavy atom. The Hall–Kier alpha value is -3.68. The second kappa shape index (κ2) is 9.29. The van der Waals surface area contributed by atoms with Gasteiger partial charge < -0.3 is 30.0 Å². The van der Waals surface area contributed by atoms with Gasteiger partial charge in [-0.3, -0.25) is 4.79 Å². The highest BCUT2D eigenvalue weighted by Crippen LogP contribution is 2.33. The number of carbonyl (C=O) groups is 2. The first kappa shape index (κ1) is 22.1. The van der Waals surface area contributed by atoms with Gasteiger partial charge in [0.05, 0.1) is 20.3 Å². The second-order valence-electron chi connectivity index (χ2n) is 8.94. The number of methoxy groups -OCH3 is 2. The summed E-state index contributed by atoms with van der Waals surface area (Å²) in [5.74, 6) is 1.12. The fraction of sp³-hybridized carbons (Fsp3) is 0.385. The highest BCUT2D eigenvalue weighted by atomic mass is 16.5. The number of fused-ring (bicyclic) bond motifs is 3. The summed E-state index contributed by atoms with van der Waals surface area (Å²) in [4.78, 5) is 30.4. The van der Waals surface area contributed by atoms with Crippen molar-refractivity contribution in [3.8, 4) is 11.5 Å². The largest absolute Gasteiger partial charge is 0.493 e.